The Kier molecular flexibility index (Phi) is 3.92. The van der Waals surface area contributed by atoms with Gasteiger partial charge in [0.25, 0.3) is 0 Å². The minimum absolute atomic E-state index is 0.117. The summed E-state index contributed by atoms with van der Waals surface area (Å²) < 4.78 is 26.9. The Hall–Kier alpha value is -0.630. The SMILES string of the molecule is CC1(O)CCCN(S(=O)(=O)c2ccc(N)cc2Br)C1. The smallest absolute Gasteiger partial charge is 0.244 e. The van der Waals surface area contributed by atoms with Crippen LogP contribution in [-0.4, -0.2) is 36.5 Å². The van der Waals surface area contributed by atoms with E-state index in [4.69, 9.17) is 5.73 Å². The first-order valence-corrected chi connectivity index (χ1v) is 8.23. The van der Waals surface area contributed by atoms with Crippen molar-refractivity contribution >= 4 is 31.6 Å². The molecule has 1 unspecified atom stereocenters. The van der Waals surface area contributed by atoms with E-state index in [1.807, 2.05) is 0 Å². The lowest BCUT2D eigenvalue weighted by Gasteiger charge is -2.36. The van der Waals surface area contributed by atoms with Crippen molar-refractivity contribution in [1.82, 2.24) is 4.31 Å². The van der Waals surface area contributed by atoms with Crippen LogP contribution in [0, 0.1) is 0 Å². The zero-order valence-corrected chi connectivity index (χ0v) is 13.0. The van der Waals surface area contributed by atoms with Crippen molar-refractivity contribution in [2.24, 2.45) is 0 Å². The second-order valence-electron chi connectivity index (χ2n) is 5.13. The van der Waals surface area contributed by atoms with E-state index in [1.165, 1.54) is 10.4 Å². The number of anilines is 1. The van der Waals surface area contributed by atoms with E-state index in [0.717, 1.165) is 0 Å². The van der Waals surface area contributed by atoms with Crippen LogP contribution >= 0.6 is 15.9 Å². The molecule has 3 N–H and O–H groups in total. The van der Waals surface area contributed by atoms with Crippen LogP contribution in [0.25, 0.3) is 0 Å². The number of nitrogens with two attached hydrogens (primary N) is 1. The maximum atomic E-state index is 12.6. The number of nitrogens with zero attached hydrogens (tertiary/aromatic N) is 1. The van der Waals surface area contributed by atoms with Crippen molar-refractivity contribution in [2.75, 3.05) is 18.8 Å². The number of nitrogen functional groups attached to an aromatic ring is 1. The molecule has 1 saturated heterocycles. The van der Waals surface area contributed by atoms with Gasteiger partial charge >= 0.3 is 0 Å². The van der Waals surface area contributed by atoms with Crippen molar-refractivity contribution in [3.8, 4) is 0 Å². The Balaban J connectivity index is 2.37. The van der Waals surface area contributed by atoms with E-state index in [9.17, 15) is 13.5 Å². The van der Waals surface area contributed by atoms with Crippen LogP contribution in [-0.2, 0) is 10.0 Å². The van der Waals surface area contributed by atoms with Gasteiger partial charge in [-0.05, 0) is 53.9 Å². The molecular formula is C12H17BrN2O3S. The summed E-state index contributed by atoms with van der Waals surface area (Å²) in [7, 11) is -3.61. The molecule has 1 heterocycles. The first-order chi connectivity index (χ1) is 8.72. The molecule has 1 atom stereocenters. The number of aliphatic hydroxyl groups is 1. The van der Waals surface area contributed by atoms with Gasteiger partial charge in [0, 0.05) is 23.2 Å². The summed E-state index contributed by atoms with van der Waals surface area (Å²) in [6.45, 7) is 2.20. The highest BCUT2D eigenvalue weighted by molar-refractivity contribution is 9.10. The average molecular weight is 349 g/mol. The van der Waals surface area contributed by atoms with E-state index in [-0.39, 0.29) is 11.4 Å². The van der Waals surface area contributed by atoms with Gasteiger partial charge in [0.1, 0.15) is 0 Å². The van der Waals surface area contributed by atoms with Gasteiger partial charge in [-0.15, -0.1) is 0 Å². The van der Waals surface area contributed by atoms with Gasteiger partial charge in [-0.3, -0.25) is 0 Å². The third-order valence-corrected chi connectivity index (χ3v) is 6.04. The van der Waals surface area contributed by atoms with Crippen LogP contribution < -0.4 is 5.73 Å². The van der Waals surface area contributed by atoms with E-state index in [2.05, 4.69) is 15.9 Å². The molecule has 106 valence electrons. The normalized spacial score (nSPS) is 25.4. The number of halogens is 1. The number of β-amino-alcohol motifs (C(OH)–C–C–N with tert-alkyl or cyclic N) is 1. The van der Waals surface area contributed by atoms with Crippen molar-refractivity contribution in [1.29, 1.82) is 0 Å². The number of benzene rings is 1. The largest absolute Gasteiger partial charge is 0.399 e. The topological polar surface area (TPSA) is 83.6 Å². The molecule has 7 heteroatoms. The highest BCUT2D eigenvalue weighted by Gasteiger charge is 2.36. The van der Waals surface area contributed by atoms with Crippen LogP contribution in [0.1, 0.15) is 19.8 Å². The van der Waals surface area contributed by atoms with E-state index in [0.29, 0.717) is 29.5 Å². The molecular weight excluding hydrogens is 332 g/mol. The van der Waals surface area contributed by atoms with Gasteiger partial charge in [0.15, 0.2) is 0 Å². The monoisotopic (exact) mass is 348 g/mol. The van der Waals surface area contributed by atoms with Gasteiger partial charge in [0.05, 0.1) is 10.5 Å². The van der Waals surface area contributed by atoms with Crippen LogP contribution in [0.2, 0.25) is 0 Å². The fourth-order valence-corrected chi connectivity index (χ4v) is 4.90. The molecule has 0 radical (unpaired) electrons. The van der Waals surface area contributed by atoms with E-state index < -0.39 is 15.6 Å². The Morgan fingerprint density at radius 1 is 1.47 bits per heavy atom. The predicted octanol–water partition coefficient (Wildman–Crippen LogP) is 1.57. The summed E-state index contributed by atoms with van der Waals surface area (Å²) in [5.41, 5.74) is 5.14. The second-order valence-corrected chi connectivity index (χ2v) is 7.89. The highest BCUT2D eigenvalue weighted by atomic mass is 79.9. The molecule has 1 aliphatic heterocycles. The van der Waals surface area contributed by atoms with Crippen molar-refractivity contribution in [3.63, 3.8) is 0 Å². The molecule has 0 aliphatic carbocycles. The highest BCUT2D eigenvalue weighted by Crippen LogP contribution is 2.30. The second kappa shape index (κ2) is 5.05. The van der Waals surface area contributed by atoms with Gasteiger partial charge in [0.2, 0.25) is 10.0 Å². The third kappa shape index (κ3) is 3.10. The Morgan fingerprint density at radius 3 is 2.74 bits per heavy atom. The molecule has 1 aromatic carbocycles. The molecule has 1 aliphatic rings. The van der Waals surface area contributed by atoms with Crippen LogP contribution in [0.3, 0.4) is 0 Å². The Labute approximate surface area is 121 Å². The summed E-state index contributed by atoms with van der Waals surface area (Å²) in [5, 5.41) is 10.0. The number of piperidine rings is 1. The number of hydrogen-bond acceptors (Lipinski definition) is 4. The Bertz CT molecular complexity index is 587. The summed E-state index contributed by atoms with van der Waals surface area (Å²) in [6.07, 6.45) is 1.26. The number of hydrogen-bond donors (Lipinski definition) is 2. The molecule has 0 aromatic heterocycles. The first kappa shape index (κ1) is 14.8. The molecule has 19 heavy (non-hydrogen) atoms. The predicted molar refractivity (Wildman–Crippen MR) is 77.2 cm³/mol. The molecule has 2 rings (SSSR count). The molecule has 0 spiro atoms. The summed E-state index contributed by atoms with van der Waals surface area (Å²) in [5.74, 6) is 0. The van der Waals surface area contributed by atoms with Gasteiger partial charge in [-0.2, -0.15) is 4.31 Å². The Morgan fingerprint density at radius 2 is 2.16 bits per heavy atom. The molecule has 5 nitrogen and oxygen atoms in total. The molecule has 0 amide bonds. The van der Waals surface area contributed by atoms with E-state index >= 15 is 0 Å². The molecule has 0 bridgehead atoms. The number of rotatable bonds is 2. The number of sulfonamides is 1. The molecule has 1 fully saturated rings. The zero-order chi connectivity index (χ0) is 14.3. The minimum Gasteiger partial charge on any atom is -0.399 e. The summed E-state index contributed by atoms with van der Waals surface area (Å²) in [6, 6.07) is 4.60. The van der Waals surface area contributed by atoms with Crippen molar-refractivity contribution in [2.45, 2.75) is 30.3 Å². The summed E-state index contributed by atoms with van der Waals surface area (Å²) in [4.78, 5) is 0.180. The third-order valence-electron chi connectivity index (χ3n) is 3.21. The summed E-state index contributed by atoms with van der Waals surface area (Å²) >= 11 is 3.23. The fourth-order valence-electron chi connectivity index (χ4n) is 2.24. The quantitative estimate of drug-likeness (QED) is 0.794. The fraction of sp³-hybridized carbons (Fsp3) is 0.500. The zero-order valence-electron chi connectivity index (χ0n) is 10.6. The van der Waals surface area contributed by atoms with Gasteiger partial charge in [-0.1, -0.05) is 0 Å². The van der Waals surface area contributed by atoms with Crippen LogP contribution in [0.4, 0.5) is 5.69 Å². The maximum absolute atomic E-state index is 12.6. The van der Waals surface area contributed by atoms with Crippen molar-refractivity contribution < 1.29 is 13.5 Å². The minimum atomic E-state index is -3.61. The first-order valence-electron chi connectivity index (χ1n) is 6.00. The van der Waals surface area contributed by atoms with Gasteiger partial charge in [-0.25, -0.2) is 8.42 Å². The lowest BCUT2D eigenvalue weighted by molar-refractivity contribution is 0.00939. The lowest BCUT2D eigenvalue weighted by Crippen LogP contribution is -2.48. The average Bonchev–Trinajstić information content (AvgIpc) is 2.27. The van der Waals surface area contributed by atoms with Crippen LogP contribution in [0.5, 0.6) is 0 Å². The van der Waals surface area contributed by atoms with E-state index in [1.54, 1.807) is 19.1 Å². The van der Waals surface area contributed by atoms with Crippen molar-refractivity contribution in [3.05, 3.63) is 22.7 Å². The van der Waals surface area contributed by atoms with Gasteiger partial charge < -0.3 is 10.8 Å². The maximum Gasteiger partial charge on any atom is 0.244 e. The van der Waals surface area contributed by atoms with Crippen LogP contribution in [0.15, 0.2) is 27.6 Å². The standard InChI is InChI=1S/C12H17BrN2O3S/c1-12(16)5-2-6-15(8-12)19(17,18)11-4-3-9(14)7-10(11)13/h3-4,7,16H,2,5-6,8,14H2,1H3. The lowest BCUT2D eigenvalue weighted by atomic mass is 9.97. The molecule has 1 aromatic rings. The molecule has 0 saturated carbocycles.